The van der Waals surface area contributed by atoms with Gasteiger partial charge in [-0.15, -0.1) is 0 Å². The standard InChI is InChI=1S/C10H13ClN2O4/c1-4-7(6(12)3-14)10(15)8(11)5(2)9(4)13(16)17/h6,14-15H,3,12H2,1-2H3/t6-/m0/s1. The van der Waals surface area contributed by atoms with Crippen LogP contribution in [0.5, 0.6) is 5.75 Å². The molecule has 0 heterocycles. The van der Waals surface area contributed by atoms with E-state index in [2.05, 4.69) is 0 Å². The van der Waals surface area contributed by atoms with E-state index in [1.54, 1.807) is 0 Å². The lowest BCUT2D eigenvalue weighted by atomic mass is 9.96. The SMILES string of the molecule is Cc1c(Cl)c(O)c([C@@H](N)CO)c(C)c1[N+](=O)[O-]. The normalized spacial score (nSPS) is 12.5. The van der Waals surface area contributed by atoms with Crippen molar-refractivity contribution in [2.45, 2.75) is 19.9 Å². The number of phenolic OH excluding ortho intramolecular Hbond substituents is 1. The Hall–Kier alpha value is -1.37. The molecule has 6 nitrogen and oxygen atoms in total. The average molecular weight is 261 g/mol. The van der Waals surface area contributed by atoms with Crippen LogP contribution in [0.25, 0.3) is 0 Å². The van der Waals surface area contributed by atoms with Crippen molar-refractivity contribution in [2.24, 2.45) is 5.73 Å². The second-order valence-electron chi connectivity index (χ2n) is 3.72. The number of nitro benzene ring substituents is 1. The van der Waals surface area contributed by atoms with E-state index in [1.807, 2.05) is 0 Å². The molecule has 7 heteroatoms. The van der Waals surface area contributed by atoms with Gasteiger partial charge in [0, 0.05) is 16.7 Å². The van der Waals surface area contributed by atoms with Gasteiger partial charge in [0.25, 0.3) is 5.69 Å². The van der Waals surface area contributed by atoms with Gasteiger partial charge < -0.3 is 15.9 Å². The molecule has 0 fully saturated rings. The van der Waals surface area contributed by atoms with Crippen LogP contribution in [0.15, 0.2) is 0 Å². The van der Waals surface area contributed by atoms with Crippen molar-refractivity contribution >= 4 is 17.3 Å². The molecule has 0 spiro atoms. The van der Waals surface area contributed by atoms with Crippen molar-refractivity contribution in [1.82, 2.24) is 0 Å². The maximum atomic E-state index is 10.9. The quantitative estimate of drug-likeness (QED) is 0.564. The highest BCUT2D eigenvalue weighted by molar-refractivity contribution is 6.33. The number of halogens is 1. The largest absolute Gasteiger partial charge is 0.506 e. The number of aliphatic hydroxyl groups is 1. The molecule has 0 saturated carbocycles. The molecule has 0 aliphatic rings. The molecule has 0 saturated heterocycles. The number of nitrogens with zero attached hydrogens (tertiary/aromatic N) is 1. The highest BCUT2D eigenvalue weighted by Gasteiger charge is 2.27. The summed E-state index contributed by atoms with van der Waals surface area (Å²) >= 11 is 5.81. The average Bonchev–Trinajstić information content (AvgIpc) is 2.25. The van der Waals surface area contributed by atoms with Crippen molar-refractivity contribution in [3.8, 4) is 5.75 Å². The van der Waals surface area contributed by atoms with Crippen LogP contribution < -0.4 is 5.73 Å². The fourth-order valence-corrected chi connectivity index (χ4v) is 2.00. The number of nitrogens with two attached hydrogens (primary N) is 1. The molecule has 0 bridgehead atoms. The molecular weight excluding hydrogens is 248 g/mol. The van der Waals surface area contributed by atoms with Crippen molar-refractivity contribution in [3.05, 3.63) is 31.8 Å². The monoisotopic (exact) mass is 260 g/mol. The molecule has 1 rings (SSSR count). The Labute approximate surface area is 103 Å². The fraction of sp³-hybridized carbons (Fsp3) is 0.400. The summed E-state index contributed by atoms with van der Waals surface area (Å²) in [6, 6.07) is -0.910. The molecule has 94 valence electrons. The number of rotatable bonds is 3. The summed E-state index contributed by atoms with van der Waals surface area (Å²) in [4.78, 5) is 10.4. The zero-order chi connectivity index (χ0) is 13.3. The second kappa shape index (κ2) is 4.87. The van der Waals surface area contributed by atoms with Gasteiger partial charge >= 0.3 is 0 Å². The molecular formula is C10H13ClN2O4. The van der Waals surface area contributed by atoms with Gasteiger partial charge in [0.2, 0.25) is 0 Å². The van der Waals surface area contributed by atoms with Crippen LogP contribution in [-0.2, 0) is 0 Å². The lowest BCUT2D eigenvalue weighted by molar-refractivity contribution is -0.386. The summed E-state index contributed by atoms with van der Waals surface area (Å²) in [6.07, 6.45) is 0. The molecule has 1 aromatic rings. The first kappa shape index (κ1) is 13.7. The van der Waals surface area contributed by atoms with E-state index in [0.717, 1.165) is 0 Å². The van der Waals surface area contributed by atoms with Crippen LogP contribution in [0.1, 0.15) is 22.7 Å². The van der Waals surface area contributed by atoms with Gasteiger partial charge in [-0.25, -0.2) is 0 Å². The zero-order valence-corrected chi connectivity index (χ0v) is 10.2. The van der Waals surface area contributed by atoms with E-state index in [1.165, 1.54) is 13.8 Å². The number of hydrogen-bond acceptors (Lipinski definition) is 5. The lowest BCUT2D eigenvalue weighted by Gasteiger charge is -2.17. The highest BCUT2D eigenvalue weighted by Crippen LogP contribution is 2.42. The van der Waals surface area contributed by atoms with Crippen LogP contribution >= 0.6 is 11.6 Å². The van der Waals surface area contributed by atoms with Crippen molar-refractivity contribution in [2.75, 3.05) is 6.61 Å². The molecule has 0 radical (unpaired) electrons. The van der Waals surface area contributed by atoms with Gasteiger partial charge in [0.15, 0.2) is 0 Å². The lowest BCUT2D eigenvalue weighted by Crippen LogP contribution is -2.17. The van der Waals surface area contributed by atoms with Crippen molar-refractivity contribution < 1.29 is 15.1 Å². The van der Waals surface area contributed by atoms with Gasteiger partial charge in [-0.1, -0.05) is 11.6 Å². The third-order valence-electron chi connectivity index (χ3n) is 2.66. The van der Waals surface area contributed by atoms with Gasteiger partial charge in [0.1, 0.15) is 5.75 Å². The van der Waals surface area contributed by atoms with Crippen molar-refractivity contribution in [1.29, 1.82) is 0 Å². The fourth-order valence-electron chi connectivity index (χ4n) is 1.81. The third kappa shape index (κ3) is 2.19. The first-order valence-electron chi connectivity index (χ1n) is 4.85. The minimum absolute atomic E-state index is 0.106. The summed E-state index contributed by atoms with van der Waals surface area (Å²) in [6.45, 7) is 2.47. The van der Waals surface area contributed by atoms with Gasteiger partial charge in [-0.3, -0.25) is 10.1 Å². The summed E-state index contributed by atoms with van der Waals surface area (Å²) in [5.41, 5.74) is 5.91. The van der Waals surface area contributed by atoms with E-state index in [0.29, 0.717) is 0 Å². The maximum absolute atomic E-state index is 10.9. The molecule has 0 aliphatic heterocycles. The summed E-state index contributed by atoms with van der Waals surface area (Å²) in [5.74, 6) is -0.311. The van der Waals surface area contributed by atoms with Crippen LogP contribution in [0.3, 0.4) is 0 Å². The Morgan fingerprint density at radius 3 is 2.41 bits per heavy atom. The number of aliphatic hydroxyl groups excluding tert-OH is 1. The molecule has 1 atom stereocenters. The van der Waals surface area contributed by atoms with Crippen molar-refractivity contribution in [3.63, 3.8) is 0 Å². The third-order valence-corrected chi connectivity index (χ3v) is 3.12. The number of nitro groups is 1. The predicted octanol–water partition coefficient (Wildman–Crippen LogP) is 1.56. The minimum Gasteiger partial charge on any atom is -0.506 e. The highest BCUT2D eigenvalue weighted by atomic mass is 35.5. The Bertz CT molecular complexity index is 476. The summed E-state index contributed by atoms with van der Waals surface area (Å²) < 4.78 is 0. The predicted molar refractivity (Wildman–Crippen MR) is 63.3 cm³/mol. The maximum Gasteiger partial charge on any atom is 0.277 e. The smallest absolute Gasteiger partial charge is 0.277 e. The van der Waals surface area contributed by atoms with E-state index in [-0.39, 0.29) is 33.1 Å². The number of hydrogen-bond donors (Lipinski definition) is 3. The summed E-state index contributed by atoms with van der Waals surface area (Å²) in [5, 5.41) is 29.6. The Balaban J connectivity index is 3.67. The number of aromatic hydroxyl groups is 1. The molecule has 4 N–H and O–H groups in total. The van der Waals surface area contributed by atoms with Gasteiger partial charge in [0.05, 0.1) is 22.6 Å². The Morgan fingerprint density at radius 1 is 1.47 bits per heavy atom. The zero-order valence-electron chi connectivity index (χ0n) is 9.40. The Morgan fingerprint density at radius 2 is 2.00 bits per heavy atom. The first-order valence-corrected chi connectivity index (χ1v) is 5.23. The van der Waals surface area contributed by atoms with Gasteiger partial charge in [-0.2, -0.15) is 0 Å². The van der Waals surface area contributed by atoms with E-state index in [4.69, 9.17) is 22.4 Å². The number of benzene rings is 1. The van der Waals surface area contributed by atoms with Crippen LogP contribution in [0.4, 0.5) is 5.69 Å². The van der Waals surface area contributed by atoms with Crippen LogP contribution in [-0.4, -0.2) is 21.7 Å². The molecule has 0 aromatic heterocycles. The molecule has 1 aromatic carbocycles. The molecule has 0 amide bonds. The van der Waals surface area contributed by atoms with Crippen LogP contribution in [0, 0.1) is 24.0 Å². The molecule has 0 aliphatic carbocycles. The molecule has 0 unspecified atom stereocenters. The molecule has 17 heavy (non-hydrogen) atoms. The van der Waals surface area contributed by atoms with E-state index in [9.17, 15) is 15.2 Å². The number of phenols is 1. The first-order chi connectivity index (χ1) is 7.82. The minimum atomic E-state index is -0.910. The topological polar surface area (TPSA) is 110 Å². The summed E-state index contributed by atoms with van der Waals surface area (Å²) in [7, 11) is 0. The Kier molecular flexibility index (Phi) is 3.92. The van der Waals surface area contributed by atoms with E-state index >= 15 is 0 Å². The second-order valence-corrected chi connectivity index (χ2v) is 4.10. The van der Waals surface area contributed by atoms with Gasteiger partial charge in [-0.05, 0) is 13.8 Å². The van der Waals surface area contributed by atoms with E-state index < -0.39 is 17.6 Å². The van der Waals surface area contributed by atoms with Crippen LogP contribution in [0.2, 0.25) is 5.02 Å².